The topological polar surface area (TPSA) is 53.8 Å². The Morgan fingerprint density at radius 3 is 2.52 bits per heavy atom. The molecule has 5 nitrogen and oxygen atoms in total. The quantitative estimate of drug-likeness (QED) is 0.788. The molecule has 2 amide bonds. The minimum Gasteiger partial charge on any atom is -0.465 e. The van der Waals surface area contributed by atoms with Crippen LogP contribution < -0.4 is 0 Å². The molecule has 1 aliphatic rings. The molecule has 0 saturated carbocycles. The SMILES string of the molecule is O=C(/C=C/c1ccco1)N1CCN(C(=O)c2cc(Cl)ccc2F)CC1. The lowest BCUT2D eigenvalue weighted by molar-refractivity contribution is -0.127. The molecule has 2 aromatic rings. The Morgan fingerprint density at radius 1 is 1.12 bits per heavy atom. The van der Waals surface area contributed by atoms with Gasteiger partial charge in [-0.2, -0.15) is 0 Å². The van der Waals surface area contributed by atoms with E-state index in [1.54, 1.807) is 23.1 Å². The van der Waals surface area contributed by atoms with Crippen molar-refractivity contribution in [3.63, 3.8) is 0 Å². The van der Waals surface area contributed by atoms with Gasteiger partial charge in [0.15, 0.2) is 0 Å². The molecule has 0 radical (unpaired) electrons. The van der Waals surface area contributed by atoms with Crippen LogP contribution in [0.4, 0.5) is 4.39 Å². The Bertz CT molecular complexity index is 797. The lowest BCUT2D eigenvalue weighted by atomic mass is 10.1. The number of benzene rings is 1. The fourth-order valence-electron chi connectivity index (χ4n) is 2.61. The molecule has 25 heavy (non-hydrogen) atoms. The van der Waals surface area contributed by atoms with Crippen molar-refractivity contribution >= 4 is 29.5 Å². The standard InChI is InChI=1S/C18H16ClFN2O3/c19-13-3-5-16(20)15(12-13)18(24)22-9-7-21(8-10-22)17(23)6-4-14-2-1-11-25-14/h1-6,11-12H,7-10H2/b6-4+. The van der Waals surface area contributed by atoms with Gasteiger partial charge in [-0.1, -0.05) is 11.6 Å². The van der Waals surface area contributed by atoms with E-state index < -0.39 is 11.7 Å². The van der Waals surface area contributed by atoms with Gasteiger partial charge in [0.2, 0.25) is 5.91 Å². The largest absolute Gasteiger partial charge is 0.465 e. The van der Waals surface area contributed by atoms with Gasteiger partial charge >= 0.3 is 0 Å². The minimum absolute atomic E-state index is 0.0509. The van der Waals surface area contributed by atoms with Crippen molar-refractivity contribution in [1.82, 2.24) is 9.80 Å². The zero-order chi connectivity index (χ0) is 17.8. The van der Waals surface area contributed by atoms with E-state index >= 15 is 0 Å². The summed E-state index contributed by atoms with van der Waals surface area (Å²) >= 11 is 5.84. The second-order valence-corrected chi connectivity index (χ2v) is 6.03. The summed E-state index contributed by atoms with van der Waals surface area (Å²) in [6.07, 6.45) is 4.57. The van der Waals surface area contributed by atoms with E-state index in [-0.39, 0.29) is 11.5 Å². The molecule has 0 bridgehead atoms. The molecule has 0 unspecified atom stereocenters. The molecule has 1 fully saturated rings. The van der Waals surface area contributed by atoms with E-state index in [1.165, 1.54) is 35.4 Å². The molecule has 1 aromatic heterocycles. The van der Waals surface area contributed by atoms with E-state index in [0.717, 1.165) is 0 Å². The van der Waals surface area contributed by atoms with E-state index in [2.05, 4.69) is 0 Å². The van der Waals surface area contributed by atoms with Gasteiger partial charge in [-0.25, -0.2) is 4.39 Å². The number of carbonyl (C=O) groups is 2. The van der Waals surface area contributed by atoms with E-state index in [1.807, 2.05) is 0 Å². The lowest BCUT2D eigenvalue weighted by Gasteiger charge is -2.34. The Morgan fingerprint density at radius 2 is 1.84 bits per heavy atom. The van der Waals surface area contributed by atoms with Crippen molar-refractivity contribution in [2.24, 2.45) is 0 Å². The van der Waals surface area contributed by atoms with Crippen LogP contribution in [-0.4, -0.2) is 47.8 Å². The molecule has 1 aliphatic heterocycles. The third kappa shape index (κ3) is 4.09. The van der Waals surface area contributed by atoms with E-state index in [4.69, 9.17) is 16.0 Å². The highest BCUT2D eigenvalue weighted by molar-refractivity contribution is 6.31. The average Bonchev–Trinajstić information content (AvgIpc) is 3.15. The minimum atomic E-state index is -0.603. The van der Waals surface area contributed by atoms with Crippen LogP contribution in [0.1, 0.15) is 16.1 Å². The summed E-state index contributed by atoms with van der Waals surface area (Å²) in [4.78, 5) is 27.7. The molecule has 0 aliphatic carbocycles. The Labute approximate surface area is 149 Å². The highest BCUT2D eigenvalue weighted by atomic mass is 35.5. The molecule has 2 heterocycles. The second kappa shape index (κ2) is 7.53. The number of rotatable bonds is 3. The molecule has 7 heteroatoms. The first kappa shape index (κ1) is 17.2. The van der Waals surface area contributed by atoms with Crippen LogP contribution in [0.5, 0.6) is 0 Å². The van der Waals surface area contributed by atoms with Crippen LogP contribution >= 0.6 is 11.6 Å². The molecular weight excluding hydrogens is 347 g/mol. The van der Waals surface area contributed by atoms with E-state index in [0.29, 0.717) is 37.0 Å². The summed E-state index contributed by atoms with van der Waals surface area (Å²) < 4.78 is 19.0. The highest BCUT2D eigenvalue weighted by Crippen LogP contribution is 2.18. The molecule has 1 aromatic carbocycles. The fraction of sp³-hybridized carbons (Fsp3) is 0.222. The van der Waals surface area contributed by atoms with Gasteiger partial charge in [-0.3, -0.25) is 9.59 Å². The van der Waals surface area contributed by atoms with Crippen LogP contribution in [0.2, 0.25) is 5.02 Å². The van der Waals surface area contributed by atoms with Gasteiger partial charge in [0, 0.05) is 37.3 Å². The van der Waals surface area contributed by atoms with Gasteiger partial charge in [0.05, 0.1) is 11.8 Å². The summed E-state index contributed by atoms with van der Waals surface area (Å²) in [6.45, 7) is 1.45. The predicted octanol–water partition coefficient (Wildman–Crippen LogP) is 3.07. The molecule has 130 valence electrons. The Balaban J connectivity index is 1.59. The maximum absolute atomic E-state index is 13.8. The third-order valence-corrected chi connectivity index (χ3v) is 4.21. The number of hydrogen-bond donors (Lipinski definition) is 0. The monoisotopic (exact) mass is 362 g/mol. The molecule has 3 rings (SSSR count). The van der Waals surface area contributed by atoms with Crippen molar-refractivity contribution in [3.05, 3.63) is 64.8 Å². The number of hydrogen-bond acceptors (Lipinski definition) is 3. The number of amides is 2. The third-order valence-electron chi connectivity index (χ3n) is 3.97. The van der Waals surface area contributed by atoms with Gasteiger partial charge in [-0.05, 0) is 36.4 Å². The van der Waals surface area contributed by atoms with E-state index in [9.17, 15) is 14.0 Å². The van der Waals surface area contributed by atoms with Gasteiger partial charge in [-0.15, -0.1) is 0 Å². The van der Waals surface area contributed by atoms with Gasteiger partial charge in [0.25, 0.3) is 5.91 Å². The van der Waals surface area contributed by atoms with Crippen LogP contribution in [0.3, 0.4) is 0 Å². The summed E-state index contributed by atoms with van der Waals surface area (Å²) in [5.41, 5.74) is -0.0509. The van der Waals surface area contributed by atoms with Gasteiger partial charge in [0.1, 0.15) is 11.6 Å². The number of furan rings is 1. The number of halogens is 2. The molecular formula is C18H16ClFN2O3. The van der Waals surface area contributed by atoms with Crippen molar-refractivity contribution in [2.45, 2.75) is 0 Å². The predicted molar refractivity (Wildman–Crippen MR) is 91.6 cm³/mol. The maximum Gasteiger partial charge on any atom is 0.257 e. The summed E-state index contributed by atoms with van der Waals surface area (Å²) in [5, 5.41) is 0.307. The van der Waals surface area contributed by atoms with Crippen LogP contribution in [0.15, 0.2) is 47.1 Å². The molecule has 0 N–H and O–H groups in total. The van der Waals surface area contributed by atoms with Gasteiger partial charge < -0.3 is 14.2 Å². The lowest BCUT2D eigenvalue weighted by Crippen LogP contribution is -2.50. The number of piperazine rings is 1. The number of nitrogens with zero attached hydrogens (tertiary/aromatic N) is 2. The summed E-state index contributed by atoms with van der Waals surface area (Å²) in [7, 11) is 0. The molecule has 1 saturated heterocycles. The van der Waals surface area contributed by atoms with Crippen molar-refractivity contribution in [2.75, 3.05) is 26.2 Å². The first-order valence-corrected chi connectivity index (χ1v) is 8.17. The fourth-order valence-corrected chi connectivity index (χ4v) is 2.78. The van der Waals surface area contributed by atoms with Crippen molar-refractivity contribution in [1.29, 1.82) is 0 Å². The molecule has 0 atom stereocenters. The summed E-state index contributed by atoms with van der Waals surface area (Å²) in [5.74, 6) is -0.580. The zero-order valence-corrected chi connectivity index (χ0v) is 14.1. The highest BCUT2D eigenvalue weighted by Gasteiger charge is 2.25. The number of carbonyl (C=O) groups excluding carboxylic acids is 2. The van der Waals surface area contributed by atoms with Crippen LogP contribution in [-0.2, 0) is 4.79 Å². The summed E-state index contributed by atoms with van der Waals surface area (Å²) in [6, 6.07) is 7.39. The van der Waals surface area contributed by atoms with Crippen molar-refractivity contribution < 1.29 is 18.4 Å². The smallest absolute Gasteiger partial charge is 0.257 e. The van der Waals surface area contributed by atoms with Crippen LogP contribution in [0, 0.1) is 5.82 Å². The first-order valence-electron chi connectivity index (χ1n) is 7.79. The van der Waals surface area contributed by atoms with Crippen LogP contribution in [0.25, 0.3) is 6.08 Å². The average molecular weight is 363 g/mol. The zero-order valence-electron chi connectivity index (χ0n) is 13.3. The Hall–Kier alpha value is -2.60. The maximum atomic E-state index is 13.8. The second-order valence-electron chi connectivity index (χ2n) is 5.59. The first-order chi connectivity index (χ1) is 12.0. The Kier molecular flexibility index (Phi) is 5.19. The normalized spacial score (nSPS) is 15.0. The molecule has 0 spiro atoms. The van der Waals surface area contributed by atoms with Crippen molar-refractivity contribution in [3.8, 4) is 0 Å².